The fourth-order valence-electron chi connectivity index (χ4n) is 4.38. The molecule has 0 saturated carbocycles. The number of carbonyl (C=O) groups is 1. The zero-order valence-electron chi connectivity index (χ0n) is 19.6. The van der Waals surface area contributed by atoms with Crippen molar-refractivity contribution in [1.29, 1.82) is 0 Å². The quantitative estimate of drug-likeness (QED) is 0.461. The molecular formula is C25H34N6O2. The van der Waals surface area contributed by atoms with Crippen LogP contribution in [0.5, 0.6) is 5.75 Å². The summed E-state index contributed by atoms with van der Waals surface area (Å²) in [6.45, 7) is 7.77. The molecule has 33 heavy (non-hydrogen) atoms. The first-order chi connectivity index (χ1) is 16.2. The molecule has 2 N–H and O–H groups in total. The van der Waals surface area contributed by atoms with Crippen LogP contribution in [0.3, 0.4) is 0 Å². The van der Waals surface area contributed by atoms with E-state index in [1.165, 1.54) is 5.56 Å². The lowest BCUT2D eigenvalue weighted by Gasteiger charge is -2.35. The van der Waals surface area contributed by atoms with Crippen LogP contribution < -0.4 is 15.0 Å². The zero-order valence-corrected chi connectivity index (χ0v) is 19.6. The van der Waals surface area contributed by atoms with Gasteiger partial charge in [0.2, 0.25) is 0 Å². The number of ether oxygens (including phenoxy) is 1. The number of fused-ring (bicyclic) bond motifs is 1. The van der Waals surface area contributed by atoms with Crippen molar-refractivity contribution >= 4 is 22.6 Å². The number of rotatable bonds is 10. The lowest BCUT2D eigenvalue weighted by Crippen LogP contribution is -2.47. The van der Waals surface area contributed by atoms with E-state index in [0.717, 1.165) is 93.0 Å². The number of amides is 1. The minimum absolute atomic E-state index is 0.00990. The molecule has 8 nitrogen and oxygen atoms in total. The lowest BCUT2D eigenvalue weighted by molar-refractivity contribution is 0.0953. The van der Waals surface area contributed by atoms with Gasteiger partial charge in [-0.3, -0.25) is 9.69 Å². The third-order valence-corrected chi connectivity index (χ3v) is 6.32. The molecular weight excluding hydrogens is 416 g/mol. The predicted octanol–water partition coefficient (Wildman–Crippen LogP) is 3.25. The number of unbranched alkanes of at least 4 members (excludes halogenated alkanes) is 1. The Balaban J connectivity index is 1.29. The number of aromatic amines is 1. The molecule has 1 aliphatic heterocycles. The second-order valence-electron chi connectivity index (χ2n) is 8.53. The number of nitrogens with one attached hydrogen (secondary N) is 2. The number of piperazine rings is 1. The van der Waals surface area contributed by atoms with E-state index in [1.807, 2.05) is 18.2 Å². The predicted molar refractivity (Wildman–Crippen MR) is 131 cm³/mol. The highest BCUT2D eigenvalue weighted by molar-refractivity contribution is 5.98. The molecule has 0 aliphatic carbocycles. The number of benzene rings is 1. The molecule has 4 rings (SSSR count). The van der Waals surface area contributed by atoms with Gasteiger partial charge < -0.3 is 19.9 Å². The Hall–Kier alpha value is -3.13. The molecule has 1 aliphatic rings. The molecule has 0 atom stereocenters. The monoisotopic (exact) mass is 450 g/mol. The van der Waals surface area contributed by atoms with Gasteiger partial charge in [0.15, 0.2) is 11.6 Å². The Morgan fingerprint density at radius 2 is 2.06 bits per heavy atom. The van der Waals surface area contributed by atoms with Crippen LogP contribution in [0.25, 0.3) is 10.9 Å². The van der Waals surface area contributed by atoms with Gasteiger partial charge in [0, 0.05) is 55.4 Å². The summed E-state index contributed by atoms with van der Waals surface area (Å²) in [6, 6.07) is 5.93. The number of anilines is 1. The number of hydrogen-bond acceptors (Lipinski definition) is 6. The number of carbonyl (C=O) groups excluding carboxylic acids is 1. The van der Waals surface area contributed by atoms with E-state index >= 15 is 0 Å². The Labute approximate surface area is 195 Å². The third kappa shape index (κ3) is 5.63. The first-order valence-corrected chi connectivity index (χ1v) is 11.9. The molecule has 0 radical (unpaired) electrons. The maximum absolute atomic E-state index is 12.4. The van der Waals surface area contributed by atoms with Crippen LogP contribution in [0.1, 0.15) is 42.1 Å². The molecule has 0 bridgehead atoms. The highest BCUT2D eigenvalue weighted by Gasteiger charge is 2.20. The van der Waals surface area contributed by atoms with Crippen LogP contribution in [0.4, 0.5) is 5.82 Å². The molecule has 2 aromatic heterocycles. The summed E-state index contributed by atoms with van der Waals surface area (Å²) in [6.07, 6.45) is 9.53. The van der Waals surface area contributed by atoms with Crippen molar-refractivity contribution in [3.05, 3.63) is 48.0 Å². The highest BCUT2D eigenvalue weighted by atomic mass is 16.5. The van der Waals surface area contributed by atoms with Crippen LogP contribution in [0.15, 0.2) is 36.9 Å². The molecule has 3 heterocycles. The van der Waals surface area contributed by atoms with Gasteiger partial charge in [0.25, 0.3) is 5.91 Å². The minimum atomic E-state index is 0.00990. The molecule has 176 valence electrons. The summed E-state index contributed by atoms with van der Waals surface area (Å²) < 4.78 is 5.41. The van der Waals surface area contributed by atoms with E-state index in [0.29, 0.717) is 0 Å². The summed E-state index contributed by atoms with van der Waals surface area (Å²) in [5, 5.41) is 4.16. The van der Waals surface area contributed by atoms with Gasteiger partial charge in [-0.2, -0.15) is 0 Å². The maximum atomic E-state index is 12.4. The number of aryl methyl sites for hydroxylation is 1. The second kappa shape index (κ2) is 11.1. The Morgan fingerprint density at radius 1 is 1.21 bits per heavy atom. The second-order valence-corrected chi connectivity index (χ2v) is 8.53. The molecule has 1 amide bonds. The number of methoxy groups -OCH3 is 1. The minimum Gasteiger partial charge on any atom is -0.491 e. The van der Waals surface area contributed by atoms with Crippen LogP contribution >= 0.6 is 0 Å². The van der Waals surface area contributed by atoms with E-state index in [9.17, 15) is 4.79 Å². The smallest absolute Gasteiger partial charge is 0.251 e. The lowest BCUT2D eigenvalue weighted by atomic mass is 10.1. The van der Waals surface area contributed by atoms with Gasteiger partial charge in [-0.1, -0.05) is 13.3 Å². The average Bonchev–Trinajstić information content (AvgIpc) is 3.27. The SMILES string of the molecule is CCCCNC(=O)c1ccc2[nH]cc(CCCN3CCN(c4ncncc4OC)CC3)c2c1. The van der Waals surface area contributed by atoms with Gasteiger partial charge in [-0.05, 0) is 49.6 Å². The number of aromatic nitrogens is 3. The van der Waals surface area contributed by atoms with E-state index in [2.05, 4.69) is 43.2 Å². The topological polar surface area (TPSA) is 86.4 Å². The van der Waals surface area contributed by atoms with E-state index < -0.39 is 0 Å². The molecule has 0 spiro atoms. The van der Waals surface area contributed by atoms with Gasteiger partial charge in [-0.25, -0.2) is 9.97 Å². The highest BCUT2D eigenvalue weighted by Crippen LogP contribution is 2.25. The molecule has 3 aromatic rings. The maximum Gasteiger partial charge on any atom is 0.251 e. The Kier molecular flexibility index (Phi) is 7.78. The number of hydrogen-bond donors (Lipinski definition) is 2. The van der Waals surface area contributed by atoms with Crippen molar-refractivity contribution in [3.63, 3.8) is 0 Å². The van der Waals surface area contributed by atoms with Crippen molar-refractivity contribution in [2.45, 2.75) is 32.6 Å². The van der Waals surface area contributed by atoms with Crippen LogP contribution in [-0.4, -0.2) is 72.1 Å². The molecule has 1 aromatic carbocycles. The Bertz CT molecular complexity index is 1060. The van der Waals surface area contributed by atoms with E-state index in [-0.39, 0.29) is 5.91 Å². The van der Waals surface area contributed by atoms with Crippen LogP contribution in [0.2, 0.25) is 0 Å². The van der Waals surface area contributed by atoms with Crippen molar-refractivity contribution in [2.75, 3.05) is 51.3 Å². The van der Waals surface area contributed by atoms with Crippen molar-refractivity contribution in [3.8, 4) is 5.75 Å². The largest absolute Gasteiger partial charge is 0.491 e. The van der Waals surface area contributed by atoms with E-state index in [4.69, 9.17) is 4.74 Å². The third-order valence-electron chi connectivity index (χ3n) is 6.32. The van der Waals surface area contributed by atoms with Gasteiger partial charge in [0.05, 0.1) is 13.3 Å². The normalized spacial score (nSPS) is 14.5. The summed E-state index contributed by atoms with van der Waals surface area (Å²) in [7, 11) is 1.66. The van der Waals surface area contributed by atoms with Gasteiger partial charge in [-0.15, -0.1) is 0 Å². The van der Waals surface area contributed by atoms with Gasteiger partial charge in [0.1, 0.15) is 6.33 Å². The van der Waals surface area contributed by atoms with Crippen molar-refractivity contribution in [2.24, 2.45) is 0 Å². The average molecular weight is 451 g/mol. The summed E-state index contributed by atoms with van der Waals surface area (Å²) >= 11 is 0. The summed E-state index contributed by atoms with van der Waals surface area (Å²) in [4.78, 5) is 29.0. The molecule has 0 unspecified atom stereocenters. The van der Waals surface area contributed by atoms with E-state index in [1.54, 1.807) is 19.6 Å². The number of nitrogens with zero attached hydrogens (tertiary/aromatic N) is 4. The van der Waals surface area contributed by atoms with Crippen molar-refractivity contribution in [1.82, 2.24) is 25.2 Å². The number of H-pyrrole nitrogens is 1. The fraction of sp³-hybridized carbons (Fsp3) is 0.480. The van der Waals surface area contributed by atoms with Gasteiger partial charge >= 0.3 is 0 Å². The zero-order chi connectivity index (χ0) is 23.0. The summed E-state index contributed by atoms with van der Waals surface area (Å²) in [5.41, 5.74) is 3.09. The van der Waals surface area contributed by atoms with Crippen LogP contribution in [0, 0.1) is 0 Å². The standard InChI is InChI=1S/C25H34N6O2/c1-3-4-9-27-25(32)19-7-8-22-21(15-19)20(16-28-22)6-5-10-30-11-13-31(14-12-30)24-23(33-2)17-26-18-29-24/h7-8,15-18,28H,3-6,9-14H2,1-2H3,(H,27,32). The summed E-state index contributed by atoms with van der Waals surface area (Å²) in [5.74, 6) is 1.61. The molecule has 8 heteroatoms. The Morgan fingerprint density at radius 3 is 2.85 bits per heavy atom. The first kappa shape index (κ1) is 23.0. The molecule has 1 fully saturated rings. The first-order valence-electron chi connectivity index (χ1n) is 11.9. The fourth-order valence-corrected chi connectivity index (χ4v) is 4.38. The van der Waals surface area contributed by atoms with Crippen LogP contribution in [-0.2, 0) is 6.42 Å². The van der Waals surface area contributed by atoms with Crippen molar-refractivity contribution < 1.29 is 9.53 Å². The molecule has 1 saturated heterocycles.